The Bertz CT molecular complexity index is 1110. The summed E-state index contributed by atoms with van der Waals surface area (Å²) in [6, 6.07) is 10.6. The molecule has 4 rings (SSSR count). The van der Waals surface area contributed by atoms with Gasteiger partial charge in [0, 0.05) is 62.3 Å². The summed E-state index contributed by atoms with van der Waals surface area (Å²) in [7, 11) is 0. The first-order valence-corrected chi connectivity index (χ1v) is 12.9. The number of Topliss-reactive ketones (excluding diaryl/α,β-unsaturated/α-hetero) is 1. The van der Waals surface area contributed by atoms with Crippen molar-refractivity contribution in [1.82, 2.24) is 15.2 Å². The maximum absolute atomic E-state index is 12.5. The van der Waals surface area contributed by atoms with E-state index in [1.165, 1.54) is 26.2 Å². The fourth-order valence-corrected chi connectivity index (χ4v) is 4.63. The monoisotopic (exact) mass is 505 g/mol. The summed E-state index contributed by atoms with van der Waals surface area (Å²) in [6.07, 6.45) is 4.50. The van der Waals surface area contributed by atoms with Gasteiger partial charge in [0.1, 0.15) is 18.5 Å². The zero-order chi connectivity index (χ0) is 26.2. The zero-order valence-corrected chi connectivity index (χ0v) is 21.3. The lowest BCUT2D eigenvalue weighted by molar-refractivity contribution is -0.125. The van der Waals surface area contributed by atoms with Gasteiger partial charge in [-0.25, -0.2) is 9.78 Å². The van der Waals surface area contributed by atoms with Crippen molar-refractivity contribution in [3.05, 3.63) is 53.7 Å². The van der Waals surface area contributed by atoms with E-state index in [0.717, 1.165) is 35.7 Å². The Hall–Kier alpha value is -3.61. The number of urea groups is 1. The predicted octanol–water partition coefficient (Wildman–Crippen LogP) is 1.61. The van der Waals surface area contributed by atoms with Gasteiger partial charge in [0.2, 0.25) is 0 Å². The quantitative estimate of drug-likeness (QED) is 0.512. The number of amides is 2. The maximum atomic E-state index is 12.5. The number of aliphatic hydroxyl groups excluding tert-OH is 2. The molecule has 196 valence electrons. The molecule has 2 fully saturated rings. The minimum Gasteiger partial charge on any atom is -0.391 e. The summed E-state index contributed by atoms with van der Waals surface area (Å²) >= 11 is 0. The average molecular weight is 506 g/mol. The van der Waals surface area contributed by atoms with Crippen LogP contribution in [0.2, 0.25) is 0 Å². The molecule has 2 aromatic rings. The van der Waals surface area contributed by atoms with Gasteiger partial charge in [-0.3, -0.25) is 4.79 Å². The van der Waals surface area contributed by atoms with Crippen molar-refractivity contribution < 1.29 is 19.8 Å². The molecule has 0 bridgehead atoms. The largest absolute Gasteiger partial charge is 0.391 e. The topological polar surface area (TPSA) is 109 Å². The normalized spacial score (nSPS) is 17.4. The van der Waals surface area contributed by atoms with Gasteiger partial charge in [0.05, 0.1) is 6.10 Å². The third-order valence-electron chi connectivity index (χ3n) is 6.84. The van der Waals surface area contributed by atoms with Gasteiger partial charge < -0.3 is 30.2 Å². The molecule has 3 N–H and O–H groups in total. The number of carbonyl (C=O) groups excluding carboxylic acids is 2. The zero-order valence-electron chi connectivity index (χ0n) is 21.3. The highest BCUT2D eigenvalue weighted by atomic mass is 16.3. The Labute approximate surface area is 218 Å². The van der Waals surface area contributed by atoms with Crippen molar-refractivity contribution in [1.29, 1.82) is 0 Å². The van der Waals surface area contributed by atoms with Crippen LogP contribution in [0.3, 0.4) is 0 Å². The predicted molar refractivity (Wildman–Crippen MR) is 143 cm³/mol. The fraction of sp³-hybridized carbons (Fsp3) is 0.464. The number of aromatic nitrogens is 1. The lowest BCUT2D eigenvalue weighted by Gasteiger charge is -2.36. The van der Waals surface area contributed by atoms with Gasteiger partial charge >= 0.3 is 6.03 Å². The number of piperidine rings is 1. The molecular formula is C28H35N5O4. The summed E-state index contributed by atoms with van der Waals surface area (Å²) in [5, 5.41) is 21.3. The van der Waals surface area contributed by atoms with Gasteiger partial charge in [-0.1, -0.05) is 11.8 Å². The molecule has 0 saturated carbocycles. The van der Waals surface area contributed by atoms with Crippen molar-refractivity contribution >= 4 is 23.3 Å². The van der Waals surface area contributed by atoms with E-state index in [0.29, 0.717) is 26.2 Å². The number of hydrogen-bond acceptors (Lipinski definition) is 7. The number of pyridine rings is 1. The number of aliphatic hydroxyl groups is 2. The second-order valence-electron chi connectivity index (χ2n) is 9.52. The molecule has 2 atom stereocenters. The SMILES string of the molecule is C[C@@H](O)[C@H](NC(=O)N1CCN(c2ccc(C#Cc3ccc(N4CCCCC4)nc3)cc2)CC1)C(=O)CO. The minimum absolute atomic E-state index is 0.420. The highest BCUT2D eigenvalue weighted by molar-refractivity contribution is 5.89. The number of anilines is 2. The van der Waals surface area contributed by atoms with Crippen LogP contribution in [0.5, 0.6) is 0 Å². The number of piperazine rings is 1. The molecular weight excluding hydrogens is 470 g/mol. The van der Waals surface area contributed by atoms with E-state index in [9.17, 15) is 14.7 Å². The molecule has 9 heteroatoms. The molecule has 0 spiro atoms. The number of nitrogens with one attached hydrogen (secondary N) is 1. The second kappa shape index (κ2) is 12.6. The third-order valence-corrected chi connectivity index (χ3v) is 6.84. The number of hydrogen-bond donors (Lipinski definition) is 3. The van der Waals surface area contributed by atoms with E-state index in [1.54, 1.807) is 4.90 Å². The van der Waals surface area contributed by atoms with E-state index in [1.807, 2.05) is 42.6 Å². The van der Waals surface area contributed by atoms with Crippen molar-refractivity contribution in [3.8, 4) is 11.8 Å². The molecule has 2 aliphatic rings. The van der Waals surface area contributed by atoms with Crippen LogP contribution in [0.4, 0.5) is 16.3 Å². The summed E-state index contributed by atoms with van der Waals surface area (Å²) in [5.74, 6) is 6.80. The highest BCUT2D eigenvalue weighted by Gasteiger charge is 2.28. The summed E-state index contributed by atoms with van der Waals surface area (Å²) in [4.78, 5) is 35.0. The van der Waals surface area contributed by atoms with Crippen LogP contribution >= 0.6 is 0 Å². The molecule has 2 aliphatic heterocycles. The standard InChI is InChI=1S/C28H35N5O4/c1-21(35)27(25(36)20-34)30-28(37)33-17-15-31(16-18-33)24-10-7-22(8-11-24)5-6-23-9-12-26(29-19-23)32-13-3-2-4-14-32/h7-12,19,21,27,34-35H,2-4,13-18,20H2,1H3,(H,30,37)/t21-,27+/m1/s1. The molecule has 0 radical (unpaired) electrons. The molecule has 0 aliphatic carbocycles. The van der Waals surface area contributed by atoms with Gasteiger partial charge in [-0.2, -0.15) is 0 Å². The van der Waals surface area contributed by atoms with Gasteiger partial charge in [-0.05, 0) is 62.6 Å². The summed E-state index contributed by atoms with van der Waals surface area (Å²) in [6.45, 7) is 5.06. The lowest BCUT2D eigenvalue weighted by atomic mass is 10.1. The summed E-state index contributed by atoms with van der Waals surface area (Å²) < 4.78 is 0. The van der Waals surface area contributed by atoms with Crippen LogP contribution in [-0.4, -0.2) is 89.9 Å². The Morgan fingerprint density at radius 1 is 0.919 bits per heavy atom. The first-order chi connectivity index (χ1) is 17.9. The first-order valence-electron chi connectivity index (χ1n) is 12.9. The van der Waals surface area contributed by atoms with Gasteiger partial charge in [-0.15, -0.1) is 0 Å². The van der Waals surface area contributed by atoms with Gasteiger partial charge in [0.15, 0.2) is 5.78 Å². The number of ketones is 1. The van der Waals surface area contributed by atoms with Crippen LogP contribution in [0.1, 0.15) is 37.3 Å². The van der Waals surface area contributed by atoms with Crippen LogP contribution in [-0.2, 0) is 4.79 Å². The van der Waals surface area contributed by atoms with Gasteiger partial charge in [0.25, 0.3) is 0 Å². The Morgan fingerprint density at radius 2 is 1.57 bits per heavy atom. The van der Waals surface area contributed by atoms with Crippen LogP contribution in [0.15, 0.2) is 42.6 Å². The molecule has 37 heavy (non-hydrogen) atoms. The number of nitrogens with zero attached hydrogens (tertiary/aromatic N) is 4. The van der Waals surface area contributed by atoms with E-state index in [2.05, 4.69) is 31.9 Å². The highest BCUT2D eigenvalue weighted by Crippen LogP contribution is 2.19. The molecule has 9 nitrogen and oxygen atoms in total. The number of rotatable bonds is 6. The molecule has 2 saturated heterocycles. The Morgan fingerprint density at radius 3 is 2.16 bits per heavy atom. The average Bonchev–Trinajstić information content (AvgIpc) is 2.95. The maximum Gasteiger partial charge on any atom is 0.318 e. The van der Waals surface area contributed by atoms with Crippen LogP contribution in [0.25, 0.3) is 0 Å². The first kappa shape index (κ1) is 26.5. The van der Waals surface area contributed by atoms with E-state index in [4.69, 9.17) is 5.11 Å². The molecule has 0 unspecified atom stereocenters. The lowest BCUT2D eigenvalue weighted by Crippen LogP contribution is -2.57. The van der Waals surface area contributed by atoms with Crippen LogP contribution < -0.4 is 15.1 Å². The van der Waals surface area contributed by atoms with E-state index >= 15 is 0 Å². The van der Waals surface area contributed by atoms with E-state index < -0.39 is 30.6 Å². The summed E-state index contributed by atoms with van der Waals surface area (Å²) in [5.41, 5.74) is 2.85. The van der Waals surface area contributed by atoms with Crippen molar-refractivity contribution in [2.45, 2.75) is 38.3 Å². The number of benzene rings is 1. The van der Waals surface area contributed by atoms with Crippen molar-refractivity contribution in [3.63, 3.8) is 0 Å². The second-order valence-corrected chi connectivity index (χ2v) is 9.52. The Kier molecular flexibility index (Phi) is 8.99. The van der Waals surface area contributed by atoms with Crippen molar-refractivity contribution in [2.75, 3.05) is 55.7 Å². The third kappa shape index (κ3) is 7.00. The molecule has 3 heterocycles. The van der Waals surface area contributed by atoms with Crippen molar-refractivity contribution in [2.24, 2.45) is 0 Å². The Balaban J connectivity index is 1.28. The minimum atomic E-state index is -1.12. The van der Waals surface area contributed by atoms with E-state index in [-0.39, 0.29) is 0 Å². The van der Waals surface area contributed by atoms with Crippen LogP contribution in [0, 0.1) is 11.8 Å². The molecule has 2 amide bonds. The smallest absolute Gasteiger partial charge is 0.318 e. The number of carbonyl (C=O) groups is 2. The fourth-order valence-electron chi connectivity index (χ4n) is 4.63. The molecule has 1 aromatic carbocycles. The molecule has 1 aromatic heterocycles.